The van der Waals surface area contributed by atoms with Crippen LogP contribution in [0.2, 0.25) is 0 Å². The minimum atomic E-state index is 0.903. The highest BCUT2D eigenvalue weighted by molar-refractivity contribution is 6.22. The minimum absolute atomic E-state index is 0.903. The Balaban J connectivity index is 1.23. The molecule has 226 valence electrons. The van der Waals surface area contributed by atoms with Crippen LogP contribution in [0.1, 0.15) is 0 Å². The number of hydrogen-bond acceptors (Lipinski definition) is 2. The molecule has 0 saturated carbocycles. The second kappa shape index (κ2) is 11.8. The van der Waals surface area contributed by atoms with E-state index in [1.54, 1.807) is 0 Å². The van der Waals surface area contributed by atoms with Crippen molar-refractivity contribution in [2.75, 3.05) is 4.90 Å². The number of fused-ring (bicyclic) bond motifs is 5. The third-order valence-electron chi connectivity index (χ3n) is 9.25. The largest absolute Gasteiger partial charge is 0.455 e. The quantitative estimate of drug-likeness (QED) is 0.185. The molecule has 0 fully saturated rings. The molecule has 0 aliphatic carbocycles. The molecule has 9 rings (SSSR count). The first-order valence-electron chi connectivity index (χ1n) is 16.3. The lowest BCUT2D eigenvalue weighted by molar-refractivity contribution is 0.670. The Bertz CT molecular complexity index is 2430. The molecule has 0 spiro atoms. The van der Waals surface area contributed by atoms with Gasteiger partial charge in [-0.25, -0.2) is 0 Å². The highest BCUT2D eigenvalue weighted by Crippen LogP contribution is 2.44. The summed E-state index contributed by atoms with van der Waals surface area (Å²) in [6.45, 7) is 0. The van der Waals surface area contributed by atoms with E-state index in [1.165, 1.54) is 27.6 Å². The molecule has 0 amide bonds. The maximum absolute atomic E-state index is 6.55. The van der Waals surface area contributed by atoms with Gasteiger partial charge >= 0.3 is 0 Å². The van der Waals surface area contributed by atoms with Crippen molar-refractivity contribution in [2.45, 2.75) is 0 Å². The lowest BCUT2D eigenvalue weighted by atomic mass is 9.95. The van der Waals surface area contributed by atoms with Crippen LogP contribution in [-0.2, 0) is 0 Å². The number of rotatable bonds is 6. The highest BCUT2D eigenvalue weighted by atomic mass is 16.3. The molecule has 0 atom stereocenters. The smallest absolute Gasteiger partial charge is 0.143 e. The Morgan fingerprint density at radius 3 is 1.42 bits per heavy atom. The van der Waals surface area contributed by atoms with Gasteiger partial charge in [-0.2, -0.15) is 0 Å². The van der Waals surface area contributed by atoms with Gasteiger partial charge < -0.3 is 9.32 Å². The fourth-order valence-corrected chi connectivity index (χ4v) is 6.91. The summed E-state index contributed by atoms with van der Waals surface area (Å²) in [5.74, 6) is 0. The van der Waals surface area contributed by atoms with Crippen LogP contribution in [0.15, 0.2) is 192 Å². The average molecular weight is 614 g/mol. The highest BCUT2D eigenvalue weighted by Gasteiger charge is 2.19. The van der Waals surface area contributed by atoms with Crippen molar-refractivity contribution in [3.63, 3.8) is 0 Å². The molecule has 48 heavy (non-hydrogen) atoms. The van der Waals surface area contributed by atoms with E-state index in [-0.39, 0.29) is 0 Å². The first kappa shape index (κ1) is 27.9. The first-order chi connectivity index (χ1) is 23.8. The molecular formula is C46H31NO. The van der Waals surface area contributed by atoms with E-state index in [2.05, 4.69) is 187 Å². The van der Waals surface area contributed by atoms with Gasteiger partial charge in [-0.3, -0.25) is 0 Å². The first-order valence-corrected chi connectivity index (χ1v) is 16.3. The van der Waals surface area contributed by atoms with E-state index in [1.807, 2.05) is 6.07 Å². The van der Waals surface area contributed by atoms with Gasteiger partial charge in [0.1, 0.15) is 11.2 Å². The van der Waals surface area contributed by atoms with Crippen molar-refractivity contribution in [2.24, 2.45) is 0 Å². The van der Waals surface area contributed by atoms with Crippen LogP contribution in [0, 0.1) is 0 Å². The summed E-state index contributed by atoms with van der Waals surface area (Å²) < 4.78 is 6.55. The van der Waals surface area contributed by atoms with Crippen molar-refractivity contribution in [1.82, 2.24) is 0 Å². The van der Waals surface area contributed by atoms with Crippen LogP contribution in [-0.4, -0.2) is 0 Å². The molecule has 0 bridgehead atoms. The topological polar surface area (TPSA) is 16.4 Å². The van der Waals surface area contributed by atoms with Gasteiger partial charge in [-0.15, -0.1) is 0 Å². The third-order valence-corrected chi connectivity index (χ3v) is 9.25. The second-order valence-electron chi connectivity index (χ2n) is 12.2. The van der Waals surface area contributed by atoms with E-state index in [9.17, 15) is 0 Å². The van der Waals surface area contributed by atoms with Crippen molar-refractivity contribution >= 4 is 49.8 Å². The van der Waals surface area contributed by atoms with E-state index in [4.69, 9.17) is 4.42 Å². The molecule has 9 aromatic rings. The maximum atomic E-state index is 6.55. The number of para-hydroxylation sites is 1. The summed E-state index contributed by atoms with van der Waals surface area (Å²) in [5.41, 5.74) is 12.1. The predicted molar refractivity (Wildman–Crippen MR) is 202 cm³/mol. The van der Waals surface area contributed by atoms with E-state index >= 15 is 0 Å². The summed E-state index contributed by atoms with van der Waals surface area (Å²) in [6.07, 6.45) is 0. The second-order valence-corrected chi connectivity index (χ2v) is 12.2. The van der Waals surface area contributed by atoms with Crippen molar-refractivity contribution in [3.05, 3.63) is 188 Å². The predicted octanol–water partition coefficient (Wildman–Crippen LogP) is 13.2. The number of furan rings is 1. The summed E-state index contributed by atoms with van der Waals surface area (Å²) >= 11 is 0. The van der Waals surface area contributed by atoms with Crippen LogP contribution >= 0.6 is 0 Å². The molecule has 0 radical (unpaired) electrons. The molecule has 2 nitrogen and oxygen atoms in total. The molecule has 0 aliphatic heterocycles. The average Bonchev–Trinajstić information content (AvgIpc) is 3.56. The number of benzene rings is 8. The molecule has 0 aliphatic rings. The zero-order valence-electron chi connectivity index (χ0n) is 26.3. The van der Waals surface area contributed by atoms with Gasteiger partial charge in [0.25, 0.3) is 0 Å². The molecule has 0 saturated heterocycles. The molecular weight excluding hydrogens is 583 g/mol. The summed E-state index contributed by atoms with van der Waals surface area (Å²) in [7, 11) is 0. The zero-order chi connectivity index (χ0) is 31.9. The fourth-order valence-electron chi connectivity index (χ4n) is 6.91. The third kappa shape index (κ3) is 4.92. The molecule has 2 heteroatoms. The van der Waals surface area contributed by atoms with E-state index < -0.39 is 0 Å². The van der Waals surface area contributed by atoms with Crippen LogP contribution in [0.5, 0.6) is 0 Å². The van der Waals surface area contributed by atoms with Crippen molar-refractivity contribution in [1.29, 1.82) is 0 Å². The maximum Gasteiger partial charge on any atom is 0.143 e. The van der Waals surface area contributed by atoms with E-state index in [0.29, 0.717) is 0 Å². The number of hydrogen-bond donors (Lipinski definition) is 0. The van der Waals surface area contributed by atoms with Gasteiger partial charge in [-0.05, 0) is 87.1 Å². The zero-order valence-corrected chi connectivity index (χ0v) is 26.3. The van der Waals surface area contributed by atoms with Crippen LogP contribution in [0.3, 0.4) is 0 Å². The van der Waals surface area contributed by atoms with Gasteiger partial charge in [0.15, 0.2) is 0 Å². The molecule has 0 unspecified atom stereocenters. The van der Waals surface area contributed by atoms with Crippen LogP contribution in [0.4, 0.5) is 17.1 Å². The number of nitrogens with zero attached hydrogens (tertiary/aromatic N) is 1. The molecule has 8 aromatic carbocycles. The van der Waals surface area contributed by atoms with E-state index in [0.717, 1.165) is 55.5 Å². The lowest BCUT2D eigenvalue weighted by Gasteiger charge is -2.26. The summed E-state index contributed by atoms with van der Waals surface area (Å²) in [5, 5.41) is 4.63. The van der Waals surface area contributed by atoms with Crippen molar-refractivity contribution in [3.8, 4) is 33.4 Å². The Morgan fingerprint density at radius 2 is 0.833 bits per heavy atom. The van der Waals surface area contributed by atoms with Crippen LogP contribution in [0.25, 0.3) is 66.1 Å². The van der Waals surface area contributed by atoms with Crippen molar-refractivity contribution < 1.29 is 4.42 Å². The SMILES string of the molecule is c1ccc(-c2ccc(N(c3ccc(-c4ccccc4)cc3)c3ccc4c(c3)cc(-c3ccccc3)c3oc5ccccc5c34)cc2)cc1. The normalized spacial score (nSPS) is 11.3. The Morgan fingerprint density at radius 1 is 0.354 bits per heavy atom. The number of anilines is 3. The monoisotopic (exact) mass is 613 g/mol. The van der Waals surface area contributed by atoms with Gasteiger partial charge in [0.05, 0.1) is 0 Å². The molecule has 1 heterocycles. The molecule has 0 N–H and O–H groups in total. The van der Waals surface area contributed by atoms with Gasteiger partial charge in [0, 0.05) is 33.4 Å². The molecule has 1 aromatic heterocycles. The minimum Gasteiger partial charge on any atom is -0.455 e. The summed E-state index contributed by atoms with van der Waals surface area (Å²) in [6, 6.07) is 66.8. The van der Waals surface area contributed by atoms with Gasteiger partial charge in [0.2, 0.25) is 0 Å². The Labute approximate surface area is 279 Å². The van der Waals surface area contributed by atoms with Gasteiger partial charge in [-0.1, -0.05) is 140 Å². The van der Waals surface area contributed by atoms with Crippen LogP contribution < -0.4 is 4.90 Å². The Hall–Kier alpha value is -6.38. The fraction of sp³-hybridized carbons (Fsp3) is 0. The Kier molecular flexibility index (Phi) is 6.84. The summed E-state index contributed by atoms with van der Waals surface area (Å²) in [4.78, 5) is 2.35. The standard InChI is InChI=1S/C46H31NO/c1-4-12-32(13-5-1)34-20-24-38(25-21-34)47(39-26-22-35(23-27-39)33-14-6-2-7-15-33)40-28-29-41-37(30-40)31-43(36-16-8-3-9-17-36)46-45(41)42-18-10-11-19-44(42)48-46/h1-31H. The lowest BCUT2D eigenvalue weighted by Crippen LogP contribution is -2.09.